The van der Waals surface area contributed by atoms with Crippen LogP contribution in [0.1, 0.15) is 52.7 Å². The first kappa shape index (κ1) is 21.1. The van der Waals surface area contributed by atoms with Crippen molar-refractivity contribution in [1.29, 1.82) is 0 Å². The SMILES string of the molecule is Cc1cc(C)cc(C(=O)N2CC[C@H](N3CCC(N)CC3)C[C@@H]2Cc2ccccc2)c1. The molecule has 0 bridgehead atoms. The Kier molecular flexibility index (Phi) is 6.55. The van der Waals surface area contributed by atoms with E-state index in [1.54, 1.807) is 0 Å². The third-order valence-corrected chi connectivity index (χ3v) is 6.82. The van der Waals surface area contributed by atoms with Crippen molar-refractivity contribution >= 4 is 5.91 Å². The van der Waals surface area contributed by atoms with Crippen molar-refractivity contribution in [3.05, 3.63) is 70.8 Å². The number of aryl methyl sites for hydroxylation is 2. The van der Waals surface area contributed by atoms with Crippen LogP contribution in [0.3, 0.4) is 0 Å². The highest BCUT2D eigenvalue weighted by Crippen LogP contribution is 2.28. The van der Waals surface area contributed by atoms with Crippen LogP contribution in [-0.2, 0) is 6.42 Å². The quantitative estimate of drug-likeness (QED) is 0.838. The summed E-state index contributed by atoms with van der Waals surface area (Å²) in [6, 6.07) is 18.0. The van der Waals surface area contributed by atoms with E-state index in [0.717, 1.165) is 68.4 Å². The molecule has 2 saturated heterocycles. The number of carbonyl (C=O) groups excluding carboxylic acids is 1. The fourth-order valence-electron chi connectivity index (χ4n) is 5.26. The summed E-state index contributed by atoms with van der Waals surface area (Å²) in [5, 5.41) is 0. The molecule has 160 valence electrons. The summed E-state index contributed by atoms with van der Waals surface area (Å²) < 4.78 is 0. The number of benzene rings is 2. The Morgan fingerprint density at radius 1 is 0.967 bits per heavy atom. The molecule has 2 heterocycles. The summed E-state index contributed by atoms with van der Waals surface area (Å²) >= 11 is 0. The van der Waals surface area contributed by atoms with E-state index in [2.05, 4.69) is 60.0 Å². The highest BCUT2D eigenvalue weighted by molar-refractivity contribution is 5.95. The lowest BCUT2D eigenvalue weighted by Crippen LogP contribution is -2.54. The number of piperidine rings is 2. The van der Waals surface area contributed by atoms with E-state index in [1.165, 1.54) is 5.56 Å². The molecule has 4 rings (SSSR count). The Morgan fingerprint density at radius 3 is 2.30 bits per heavy atom. The lowest BCUT2D eigenvalue weighted by Gasteiger charge is -2.45. The molecule has 4 heteroatoms. The first-order valence-electron chi connectivity index (χ1n) is 11.4. The largest absolute Gasteiger partial charge is 0.335 e. The van der Waals surface area contributed by atoms with Crippen molar-refractivity contribution in [1.82, 2.24) is 9.80 Å². The highest BCUT2D eigenvalue weighted by atomic mass is 16.2. The van der Waals surface area contributed by atoms with Crippen LogP contribution in [0.4, 0.5) is 0 Å². The lowest BCUT2D eigenvalue weighted by atomic mass is 9.89. The molecule has 0 unspecified atom stereocenters. The maximum atomic E-state index is 13.5. The molecule has 0 saturated carbocycles. The van der Waals surface area contributed by atoms with Gasteiger partial charge in [0.25, 0.3) is 5.91 Å². The van der Waals surface area contributed by atoms with Crippen LogP contribution >= 0.6 is 0 Å². The summed E-state index contributed by atoms with van der Waals surface area (Å²) in [6.07, 6.45) is 5.19. The van der Waals surface area contributed by atoms with Crippen molar-refractivity contribution < 1.29 is 4.79 Å². The molecule has 2 fully saturated rings. The normalized spacial score (nSPS) is 23.5. The van der Waals surface area contributed by atoms with Crippen molar-refractivity contribution in [2.24, 2.45) is 5.73 Å². The summed E-state index contributed by atoms with van der Waals surface area (Å²) in [7, 11) is 0. The smallest absolute Gasteiger partial charge is 0.254 e. The fourth-order valence-corrected chi connectivity index (χ4v) is 5.26. The van der Waals surface area contributed by atoms with Gasteiger partial charge in [-0.15, -0.1) is 0 Å². The molecule has 0 radical (unpaired) electrons. The van der Waals surface area contributed by atoms with Gasteiger partial charge in [-0.3, -0.25) is 4.79 Å². The van der Waals surface area contributed by atoms with Crippen molar-refractivity contribution in [3.63, 3.8) is 0 Å². The van der Waals surface area contributed by atoms with Gasteiger partial charge in [-0.05, 0) is 76.7 Å². The van der Waals surface area contributed by atoms with Crippen LogP contribution < -0.4 is 5.73 Å². The van der Waals surface area contributed by atoms with E-state index < -0.39 is 0 Å². The molecular formula is C26H35N3O. The first-order chi connectivity index (χ1) is 14.5. The third kappa shape index (κ3) is 4.93. The summed E-state index contributed by atoms with van der Waals surface area (Å²) in [6.45, 7) is 7.15. The number of hydrogen-bond donors (Lipinski definition) is 1. The zero-order chi connectivity index (χ0) is 21.1. The van der Waals surface area contributed by atoms with Gasteiger partial charge >= 0.3 is 0 Å². The molecule has 2 N–H and O–H groups in total. The Morgan fingerprint density at radius 2 is 1.63 bits per heavy atom. The van der Waals surface area contributed by atoms with Gasteiger partial charge in [-0.25, -0.2) is 0 Å². The molecule has 0 aliphatic carbocycles. The molecule has 2 aromatic rings. The highest BCUT2D eigenvalue weighted by Gasteiger charge is 2.35. The van der Waals surface area contributed by atoms with Gasteiger partial charge in [0, 0.05) is 30.2 Å². The van der Waals surface area contributed by atoms with E-state index in [4.69, 9.17) is 5.73 Å². The van der Waals surface area contributed by atoms with Crippen LogP contribution in [0.15, 0.2) is 48.5 Å². The molecular weight excluding hydrogens is 370 g/mol. The zero-order valence-corrected chi connectivity index (χ0v) is 18.4. The van der Waals surface area contributed by atoms with Crippen LogP contribution in [0.5, 0.6) is 0 Å². The Balaban J connectivity index is 1.54. The number of nitrogens with zero attached hydrogens (tertiary/aromatic N) is 2. The van der Waals surface area contributed by atoms with Crippen LogP contribution in [-0.4, -0.2) is 53.5 Å². The van der Waals surface area contributed by atoms with Crippen LogP contribution in [0.25, 0.3) is 0 Å². The minimum atomic E-state index is 0.182. The monoisotopic (exact) mass is 405 g/mol. The maximum Gasteiger partial charge on any atom is 0.254 e. The Hall–Kier alpha value is -2.17. The molecule has 0 spiro atoms. The maximum absolute atomic E-state index is 13.5. The lowest BCUT2D eigenvalue weighted by molar-refractivity contribution is 0.0384. The first-order valence-corrected chi connectivity index (χ1v) is 11.4. The summed E-state index contributed by atoms with van der Waals surface area (Å²) in [5.74, 6) is 0.182. The zero-order valence-electron chi connectivity index (χ0n) is 18.4. The number of nitrogens with two attached hydrogens (primary N) is 1. The van der Waals surface area contributed by atoms with E-state index in [-0.39, 0.29) is 11.9 Å². The number of hydrogen-bond acceptors (Lipinski definition) is 3. The van der Waals surface area contributed by atoms with E-state index >= 15 is 0 Å². The minimum Gasteiger partial charge on any atom is -0.335 e. The molecule has 2 aliphatic heterocycles. The standard InChI is InChI=1S/C26H35N3O/c1-19-14-20(2)16-22(15-19)26(30)29-13-10-24(28-11-8-23(27)9-12-28)18-25(29)17-21-6-4-3-5-7-21/h3-7,14-16,23-25H,8-13,17-18,27H2,1-2H3/t24-,25-/m0/s1. The van der Waals surface area contributed by atoms with Gasteiger partial charge < -0.3 is 15.5 Å². The molecule has 2 aliphatic rings. The molecule has 1 amide bonds. The number of carbonyl (C=O) groups is 1. The Labute approximate surface area is 181 Å². The topological polar surface area (TPSA) is 49.6 Å². The summed E-state index contributed by atoms with van der Waals surface area (Å²) in [4.78, 5) is 18.3. The predicted molar refractivity (Wildman–Crippen MR) is 123 cm³/mol. The number of rotatable bonds is 4. The average molecular weight is 406 g/mol. The van der Waals surface area contributed by atoms with Crippen LogP contribution in [0, 0.1) is 13.8 Å². The van der Waals surface area contributed by atoms with Gasteiger partial charge in [0.2, 0.25) is 0 Å². The molecule has 30 heavy (non-hydrogen) atoms. The van der Waals surface area contributed by atoms with E-state index in [0.29, 0.717) is 12.1 Å². The summed E-state index contributed by atoms with van der Waals surface area (Å²) in [5.41, 5.74) is 10.6. The van der Waals surface area contributed by atoms with Gasteiger partial charge in [0.05, 0.1) is 0 Å². The minimum absolute atomic E-state index is 0.182. The number of likely N-dealkylation sites (tertiary alicyclic amines) is 2. The second kappa shape index (κ2) is 9.32. The second-order valence-corrected chi connectivity index (χ2v) is 9.27. The molecule has 2 aromatic carbocycles. The van der Waals surface area contributed by atoms with Crippen LogP contribution in [0.2, 0.25) is 0 Å². The van der Waals surface area contributed by atoms with Crippen molar-refractivity contribution in [3.8, 4) is 0 Å². The molecule has 2 atom stereocenters. The van der Waals surface area contributed by atoms with Gasteiger partial charge in [-0.1, -0.05) is 47.5 Å². The molecule has 4 nitrogen and oxygen atoms in total. The van der Waals surface area contributed by atoms with E-state index in [1.807, 2.05) is 12.1 Å². The van der Waals surface area contributed by atoms with E-state index in [9.17, 15) is 4.79 Å². The van der Waals surface area contributed by atoms with Gasteiger partial charge in [0.1, 0.15) is 0 Å². The van der Waals surface area contributed by atoms with Gasteiger partial charge in [-0.2, -0.15) is 0 Å². The van der Waals surface area contributed by atoms with Crippen molar-refractivity contribution in [2.75, 3.05) is 19.6 Å². The number of amides is 1. The average Bonchev–Trinajstić information content (AvgIpc) is 2.74. The van der Waals surface area contributed by atoms with Crippen molar-refractivity contribution in [2.45, 2.75) is 64.1 Å². The fraction of sp³-hybridized carbons (Fsp3) is 0.500. The second-order valence-electron chi connectivity index (χ2n) is 9.27. The third-order valence-electron chi connectivity index (χ3n) is 6.82. The van der Waals surface area contributed by atoms with Gasteiger partial charge in [0.15, 0.2) is 0 Å². The molecule has 0 aromatic heterocycles. The Bertz CT molecular complexity index is 838. The predicted octanol–water partition coefficient (Wildman–Crippen LogP) is 3.94.